The standard InChI is InChI=1S/C24H18ClN5O2/c25-19-9-7-17(8-10-19)16-30(20-5-3-4-18(14-20)15-26)23(31)12-11-22-28-24(29-32-22)21-6-1-2-13-27-21/h1-10,13-14H,11-12,16H2. The Hall–Kier alpha value is -4.02. The number of hydrogen-bond acceptors (Lipinski definition) is 6. The molecule has 0 aliphatic carbocycles. The third-order valence-corrected chi connectivity index (χ3v) is 5.01. The molecule has 0 saturated carbocycles. The highest BCUT2D eigenvalue weighted by molar-refractivity contribution is 6.30. The van der Waals surface area contributed by atoms with E-state index in [1.165, 1.54) is 0 Å². The molecule has 32 heavy (non-hydrogen) atoms. The summed E-state index contributed by atoms with van der Waals surface area (Å²) >= 11 is 5.99. The van der Waals surface area contributed by atoms with Crippen molar-refractivity contribution < 1.29 is 9.32 Å². The molecule has 2 aromatic heterocycles. The van der Waals surface area contributed by atoms with Crippen LogP contribution < -0.4 is 4.90 Å². The number of benzene rings is 2. The Morgan fingerprint density at radius 3 is 2.69 bits per heavy atom. The quantitative estimate of drug-likeness (QED) is 0.406. The zero-order chi connectivity index (χ0) is 22.3. The summed E-state index contributed by atoms with van der Waals surface area (Å²) in [5, 5.41) is 13.8. The Bertz CT molecular complexity index is 1250. The largest absolute Gasteiger partial charge is 0.339 e. The predicted molar refractivity (Wildman–Crippen MR) is 120 cm³/mol. The number of carbonyl (C=O) groups excluding carboxylic acids is 1. The summed E-state index contributed by atoms with van der Waals surface area (Å²) in [7, 11) is 0. The molecule has 7 nitrogen and oxygen atoms in total. The lowest BCUT2D eigenvalue weighted by atomic mass is 10.1. The molecule has 4 aromatic rings. The molecule has 0 N–H and O–H groups in total. The summed E-state index contributed by atoms with van der Waals surface area (Å²) in [6.07, 6.45) is 2.10. The average Bonchev–Trinajstić information content (AvgIpc) is 3.32. The third kappa shape index (κ3) is 5.17. The van der Waals surface area contributed by atoms with Crippen molar-refractivity contribution >= 4 is 23.2 Å². The van der Waals surface area contributed by atoms with Gasteiger partial charge in [0.1, 0.15) is 5.69 Å². The highest BCUT2D eigenvalue weighted by Gasteiger charge is 2.19. The number of amides is 1. The number of nitriles is 1. The minimum atomic E-state index is -0.132. The summed E-state index contributed by atoms with van der Waals surface area (Å²) in [4.78, 5) is 23.4. The Kier molecular flexibility index (Phi) is 6.54. The van der Waals surface area contributed by atoms with Gasteiger partial charge in [0.2, 0.25) is 17.6 Å². The molecule has 1 amide bonds. The van der Waals surface area contributed by atoms with Crippen LogP contribution in [-0.4, -0.2) is 21.0 Å². The van der Waals surface area contributed by atoms with E-state index in [0.29, 0.717) is 40.2 Å². The molecular weight excluding hydrogens is 426 g/mol. The van der Waals surface area contributed by atoms with Gasteiger partial charge in [-0.25, -0.2) is 0 Å². The van der Waals surface area contributed by atoms with Crippen LogP contribution in [0.15, 0.2) is 77.4 Å². The van der Waals surface area contributed by atoms with Crippen LogP contribution in [0.5, 0.6) is 0 Å². The van der Waals surface area contributed by atoms with Gasteiger partial charge in [0, 0.05) is 29.7 Å². The highest BCUT2D eigenvalue weighted by atomic mass is 35.5. The lowest BCUT2D eigenvalue weighted by Crippen LogP contribution is -2.30. The van der Waals surface area contributed by atoms with Crippen LogP contribution in [0.2, 0.25) is 5.02 Å². The molecule has 0 radical (unpaired) electrons. The van der Waals surface area contributed by atoms with Crippen LogP contribution in [0.1, 0.15) is 23.4 Å². The van der Waals surface area contributed by atoms with E-state index in [1.54, 1.807) is 59.6 Å². The van der Waals surface area contributed by atoms with Crippen LogP contribution in [0.4, 0.5) is 5.69 Å². The van der Waals surface area contributed by atoms with Crippen LogP contribution in [0, 0.1) is 11.3 Å². The molecule has 0 fully saturated rings. The van der Waals surface area contributed by atoms with E-state index >= 15 is 0 Å². The van der Waals surface area contributed by atoms with Gasteiger partial charge < -0.3 is 9.42 Å². The molecular formula is C24H18ClN5O2. The van der Waals surface area contributed by atoms with Crippen molar-refractivity contribution in [1.82, 2.24) is 15.1 Å². The molecule has 0 spiro atoms. The number of aryl methyl sites for hydroxylation is 1. The van der Waals surface area contributed by atoms with E-state index in [-0.39, 0.29) is 18.7 Å². The molecule has 2 heterocycles. The Balaban J connectivity index is 1.51. The van der Waals surface area contributed by atoms with Gasteiger partial charge in [-0.2, -0.15) is 10.2 Å². The van der Waals surface area contributed by atoms with Crippen LogP contribution >= 0.6 is 11.6 Å². The van der Waals surface area contributed by atoms with Gasteiger partial charge >= 0.3 is 0 Å². The minimum absolute atomic E-state index is 0.132. The third-order valence-electron chi connectivity index (χ3n) is 4.76. The van der Waals surface area contributed by atoms with E-state index in [4.69, 9.17) is 16.1 Å². The van der Waals surface area contributed by atoms with Gasteiger partial charge in [-0.1, -0.05) is 41.0 Å². The highest BCUT2D eigenvalue weighted by Crippen LogP contribution is 2.22. The predicted octanol–water partition coefficient (Wildman–Crippen LogP) is 4.82. The van der Waals surface area contributed by atoms with Crippen molar-refractivity contribution in [2.24, 2.45) is 0 Å². The molecule has 0 aliphatic heterocycles. The Morgan fingerprint density at radius 2 is 1.94 bits per heavy atom. The molecule has 2 aromatic carbocycles. The van der Waals surface area contributed by atoms with Crippen molar-refractivity contribution in [3.63, 3.8) is 0 Å². The number of halogens is 1. The molecule has 0 bridgehead atoms. The number of carbonyl (C=O) groups is 1. The molecule has 0 aliphatic rings. The Labute approximate surface area is 189 Å². The second-order valence-corrected chi connectivity index (χ2v) is 7.43. The molecule has 158 valence electrons. The van der Waals surface area contributed by atoms with Gasteiger partial charge in [0.05, 0.1) is 18.2 Å². The summed E-state index contributed by atoms with van der Waals surface area (Å²) in [5.74, 6) is 0.608. The molecule has 0 atom stereocenters. The van der Waals surface area contributed by atoms with Gasteiger partial charge in [0.15, 0.2) is 0 Å². The number of hydrogen-bond donors (Lipinski definition) is 0. The van der Waals surface area contributed by atoms with Crippen LogP contribution in [0.25, 0.3) is 11.5 Å². The zero-order valence-corrected chi connectivity index (χ0v) is 17.7. The fourth-order valence-corrected chi connectivity index (χ4v) is 3.27. The monoisotopic (exact) mass is 443 g/mol. The SMILES string of the molecule is N#Cc1cccc(N(Cc2ccc(Cl)cc2)C(=O)CCc2nc(-c3ccccn3)no2)c1. The summed E-state index contributed by atoms with van der Waals surface area (Å²) in [6, 6.07) is 21.8. The maximum absolute atomic E-state index is 13.2. The number of pyridine rings is 1. The van der Waals surface area contributed by atoms with Crippen LogP contribution in [-0.2, 0) is 17.8 Å². The molecule has 0 unspecified atom stereocenters. The van der Waals surface area contributed by atoms with Crippen molar-refractivity contribution in [3.05, 3.63) is 95.0 Å². The first-order valence-electron chi connectivity index (χ1n) is 9.91. The van der Waals surface area contributed by atoms with Crippen molar-refractivity contribution in [2.75, 3.05) is 4.90 Å². The summed E-state index contributed by atoms with van der Waals surface area (Å²) in [5.41, 5.74) is 2.64. The van der Waals surface area contributed by atoms with Gasteiger partial charge in [-0.15, -0.1) is 0 Å². The van der Waals surface area contributed by atoms with E-state index < -0.39 is 0 Å². The van der Waals surface area contributed by atoms with Crippen molar-refractivity contribution in [2.45, 2.75) is 19.4 Å². The lowest BCUT2D eigenvalue weighted by Gasteiger charge is -2.23. The van der Waals surface area contributed by atoms with Gasteiger partial charge in [-0.3, -0.25) is 9.78 Å². The second kappa shape index (κ2) is 9.86. The molecule has 0 saturated heterocycles. The number of aromatic nitrogens is 3. The second-order valence-electron chi connectivity index (χ2n) is 7.00. The Morgan fingerprint density at radius 1 is 1.09 bits per heavy atom. The molecule has 4 rings (SSSR count). The van der Waals surface area contributed by atoms with E-state index in [9.17, 15) is 10.1 Å². The zero-order valence-electron chi connectivity index (χ0n) is 17.0. The van der Waals surface area contributed by atoms with Gasteiger partial charge in [0.25, 0.3) is 0 Å². The summed E-state index contributed by atoms with van der Waals surface area (Å²) in [6.45, 7) is 0.341. The van der Waals surface area contributed by atoms with Crippen LogP contribution in [0.3, 0.4) is 0 Å². The normalized spacial score (nSPS) is 10.5. The topological polar surface area (TPSA) is 95.9 Å². The fourth-order valence-electron chi connectivity index (χ4n) is 3.14. The van der Waals surface area contributed by atoms with E-state index in [2.05, 4.69) is 21.2 Å². The smallest absolute Gasteiger partial charge is 0.227 e. The first-order chi connectivity index (χ1) is 15.6. The average molecular weight is 444 g/mol. The summed E-state index contributed by atoms with van der Waals surface area (Å²) < 4.78 is 5.29. The number of rotatable bonds is 7. The van der Waals surface area contributed by atoms with Gasteiger partial charge in [-0.05, 0) is 48.0 Å². The van der Waals surface area contributed by atoms with E-state index in [0.717, 1.165) is 5.56 Å². The number of nitrogens with zero attached hydrogens (tertiary/aromatic N) is 5. The lowest BCUT2D eigenvalue weighted by molar-refractivity contribution is -0.118. The first-order valence-corrected chi connectivity index (χ1v) is 10.3. The maximum atomic E-state index is 13.2. The maximum Gasteiger partial charge on any atom is 0.227 e. The van der Waals surface area contributed by atoms with Crippen molar-refractivity contribution in [3.8, 4) is 17.6 Å². The van der Waals surface area contributed by atoms with Crippen molar-refractivity contribution in [1.29, 1.82) is 5.26 Å². The fraction of sp³-hybridized carbons (Fsp3) is 0.125. The first kappa shape index (κ1) is 21.2. The minimum Gasteiger partial charge on any atom is -0.339 e. The molecule has 8 heteroatoms. The number of anilines is 1. The van der Waals surface area contributed by atoms with E-state index in [1.807, 2.05) is 18.2 Å².